The Labute approximate surface area is 157 Å². The number of carbonyl (C=O) groups excluding carboxylic acids is 1. The number of nitrogens with one attached hydrogen (secondary N) is 1. The summed E-state index contributed by atoms with van der Waals surface area (Å²) in [5.41, 5.74) is 4.93. The first kappa shape index (κ1) is 18.7. The van der Waals surface area contributed by atoms with Gasteiger partial charge < -0.3 is 5.32 Å². The van der Waals surface area contributed by atoms with Gasteiger partial charge in [0.25, 0.3) is 5.91 Å². The van der Waals surface area contributed by atoms with Crippen molar-refractivity contribution in [1.29, 1.82) is 0 Å². The SMILES string of the molecule is Cc1cc(Cc2cccc(C(=O)NCc3cc(F)cc(F)c3)c2C)ccn1. The van der Waals surface area contributed by atoms with Crippen LogP contribution in [0.3, 0.4) is 0 Å². The molecule has 2 aromatic carbocycles. The monoisotopic (exact) mass is 366 g/mol. The van der Waals surface area contributed by atoms with E-state index >= 15 is 0 Å². The van der Waals surface area contributed by atoms with E-state index in [9.17, 15) is 13.6 Å². The third kappa shape index (κ3) is 4.76. The van der Waals surface area contributed by atoms with E-state index in [2.05, 4.69) is 10.3 Å². The number of nitrogens with zero attached hydrogens (tertiary/aromatic N) is 1. The van der Waals surface area contributed by atoms with E-state index in [-0.39, 0.29) is 12.5 Å². The van der Waals surface area contributed by atoms with Crippen LogP contribution in [0.15, 0.2) is 54.7 Å². The van der Waals surface area contributed by atoms with Gasteiger partial charge >= 0.3 is 0 Å². The van der Waals surface area contributed by atoms with Crippen LogP contribution in [0.4, 0.5) is 8.78 Å². The highest BCUT2D eigenvalue weighted by Gasteiger charge is 2.12. The third-order valence-corrected chi connectivity index (χ3v) is 4.42. The fourth-order valence-corrected chi connectivity index (χ4v) is 3.05. The van der Waals surface area contributed by atoms with Crippen LogP contribution in [0.5, 0.6) is 0 Å². The van der Waals surface area contributed by atoms with Gasteiger partial charge in [-0.25, -0.2) is 8.78 Å². The smallest absolute Gasteiger partial charge is 0.251 e. The van der Waals surface area contributed by atoms with E-state index in [1.54, 1.807) is 12.3 Å². The van der Waals surface area contributed by atoms with Crippen molar-refractivity contribution in [2.75, 3.05) is 0 Å². The molecule has 1 heterocycles. The van der Waals surface area contributed by atoms with Crippen LogP contribution in [0.2, 0.25) is 0 Å². The second-order valence-corrected chi connectivity index (χ2v) is 6.53. The van der Waals surface area contributed by atoms with Crippen molar-refractivity contribution in [2.45, 2.75) is 26.8 Å². The van der Waals surface area contributed by atoms with Crippen molar-refractivity contribution in [3.63, 3.8) is 0 Å². The molecule has 0 bridgehead atoms. The van der Waals surface area contributed by atoms with Crippen LogP contribution in [-0.2, 0) is 13.0 Å². The number of carbonyl (C=O) groups is 1. The molecule has 1 N–H and O–H groups in total. The maximum Gasteiger partial charge on any atom is 0.251 e. The molecule has 3 nitrogen and oxygen atoms in total. The second kappa shape index (κ2) is 8.08. The molecule has 0 fully saturated rings. The van der Waals surface area contributed by atoms with Gasteiger partial charge in [0, 0.05) is 30.1 Å². The van der Waals surface area contributed by atoms with Gasteiger partial charge in [-0.1, -0.05) is 12.1 Å². The van der Waals surface area contributed by atoms with E-state index in [4.69, 9.17) is 0 Å². The summed E-state index contributed by atoms with van der Waals surface area (Å²) in [6, 6.07) is 12.8. The van der Waals surface area contributed by atoms with Crippen LogP contribution < -0.4 is 5.32 Å². The number of aromatic nitrogens is 1. The molecule has 3 rings (SSSR count). The quantitative estimate of drug-likeness (QED) is 0.722. The van der Waals surface area contributed by atoms with E-state index < -0.39 is 11.6 Å². The first-order chi connectivity index (χ1) is 12.9. The Morgan fingerprint density at radius 1 is 1.00 bits per heavy atom. The Balaban J connectivity index is 1.75. The summed E-state index contributed by atoms with van der Waals surface area (Å²) in [5.74, 6) is -1.60. The number of hydrogen-bond acceptors (Lipinski definition) is 2. The van der Waals surface area contributed by atoms with Gasteiger partial charge in [-0.05, 0) is 72.9 Å². The summed E-state index contributed by atoms with van der Waals surface area (Å²) in [6.45, 7) is 3.90. The highest BCUT2D eigenvalue weighted by atomic mass is 19.1. The van der Waals surface area contributed by atoms with Gasteiger partial charge in [0.05, 0.1) is 0 Å². The molecule has 138 valence electrons. The molecule has 0 saturated carbocycles. The predicted molar refractivity (Wildman–Crippen MR) is 100 cm³/mol. The molecule has 0 aliphatic heterocycles. The molecule has 1 amide bonds. The first-order valence-electron chi connectivity index (χ1n) is 8.65. The molecular weight excluding hydrogens is 346 g/mol. The minimum absolute atomic E-state index is 0.0563. The number of halogens is 2. The van der Waals surface area contributed by atoms with Gasteiger partial charge in [-0.15, -0.1) is 0 Å². The van der Waals surface area contributed by atoms with Crippen LogP contribution >= 0.6 is 0 Å². The number of amides is 1. The van der Waals surface area contributed by atoms with Crippen molar-refractivity contribution in [3.05, 3.63) is 99.9 Å². The van der Waals surface area contributed by atoms with E-state index in [0.29, 0.717) is 17.5 Å². The molecule has 3 aromatic rings. The average molecular weight is 366 g/mol. The Morgan fingerprint density at radius 2 is 1.74 bits per heavy atom. The summed E-state index contributed by atoms with van der Waals surface area (Å²) in [5, 5.41) is 2.73. The van der Waals surface area contributed by atoms with Crippen molar-refractivity contribution in [3.8, 4) is 0 Å². The molecule has 0 unspecified atom stereocenters. The standard InChI is InChI=1S/C22H20F2N2O/c1-14-8-16(6-7-25-14)9-18-4-3-5-21(15(18)2)22(27)26-13-17-10-19(23)12-20(24)11-17/h3-8,10-12H,9,13H2,1-2H3,(H,26,27). The summed E-state index contributed by atoms with van der Waals surface area (Å²) in [7, 11) is 0. The lowest BCUT2D eigenvalue weighted by Gasteiger charge is -2.12. The Morgan fingerprint density at radius 3 is 2.44 bits per heavy atom. The molecule has 0 aliphatic carbocycles. The first-order valence-corrected chi connectivity index (χ1v) is 8.65. The van der Waals surface area contributed by atoms with E-state index in [1.807, 2.05) is 38.1 Å². The normalized spacial score (nSPS) is 10.7. The van der Waals surface area contributed by atoms with Crippen molar-refractivity contribution >= 4 is 5.91 Å². The largest absolute Gasteiger partial charge is 0.348 e. The van der Waals surface area contributed by atoms with Crippen LogP contribution in [0.25, 0.3) is 0 Å². The number of hydrogen-bond donors (Lipinski definition) is 1. The average Bonchev–Trinajstić information content (AvgIpc) is 2.61. The fraction of sp³-hybridized carbons (Fsp3) is 0.182. The zero-order chi connectivity index (χ0) is 19.4. The molecule has 27 heavy (non-hydrogen) atoms. The summed E-state index contributed by atoms with van der Waals surface area (Å²) >= 11 is 0. The minimum atomic E-state index is -0.662. The van der Waals surface area contributed by atoms with Crippen LogP contribution in [0.1, 0.15) is 38.3 Å². The lowest BCUT2D eigenvalue weighted by molar-refractivity contribution is 0.0950. The fourth-order valence-electron chi connectivity index (χ4n) is 3.05. The zero-order valence-electron chi connectivity index (χ0n) is 15.2. The number of rotatable bonds is 5. The van der Waals surface area contributed by atoms with Gasteiger partial charge in [0.15, 0.2) is 0 Å². The Kier molecular flexibility index (Phi) is 5.60. The van der Waals surface area contributed by atoms with Crippen LogP contribution in [0, 0.1) is 25.5 Å². The number of aryl methyl sites for hydroxylation is 1. The highest BCUT2D eigenvalue weighted by Crippen LogP contribution is 2.18. The molecule has 5 heteroatoms. The van der Waals surface area contributed by atoms with Crippen molar-refractivity contribution in [1.82, 2.24) is 10.3 Å². The van der Waals surface area contributed by atoms with E-state index in [1.165, 1.54) is 12.1 Å². The highest BCUT2D eigenvalue weighted by molar-refractivity contribution is 5.95. The molecule has 0 aliphatic rings. The summed E-state index contributed by atoms with van der Waals surface area (Å²) in [6.07, 6.45) is 2.47. The minimum Gasteiger partial charge on any atom is -0.348 e. The molecule has 0 radical (unpaired) electrons. The molecule has 0 saturated heterocycles. The zero-order valence-corrected chi connectivity index (χ0v) is 15.2. The number of benzene rings is 2. The Bertz CT molecular complexity index is 966. The Hall–Kier alpha value is -3.08. The summed E-state index contributed by atoms with van der Waals surface area (Å²) in [4.78, 5) is 16.8. The lowest BCUT2D eigenvalue weighted by Crippen LogP contribution is -2.24. The number of pyridine rings is 1. The third-order valence-electron chi connectivity index (χ3n) is 4.42. The molecular formula is C22H20F2N2O. The van der Waals surface area contributed by atoms with Gasteiger partial charge in [-0.3, -0.25) is 9.78 Å². The lowest BCUT2D eigenvalue weighted by atomic mass is 9.96. The van der Waals surface area contributed by atoms with Crippen molar-refractivity contribution in [2.24, 2.45) is 0 Å². The van der Waals surface area contributed by atoms with E-state index in [0.717, 1.165) is 28.5 Å². The maximum atomic E-state index is 13.3. The van der Waals surface area contributed by atoms with Gasteiger partial charge in [-0.2, -0.15) is 0 Å². The predicted octanol–water partition coefficient (Wildman–Crippen LogP) is 4.50. The molecule has 0 atom stereocenters. The van der Waals surface area contributed by atoms with Gasteiger partial charge in [0.2, 0.25) is 0 Å². The second-order valence-electron chi connectivity index (χ2n) is 6.53. The van der Waals surface area contributed by atoms with Crippen LogP contribution in [-0.4, -0.2) is 10.9 Å². The molecule has 0 spiro atoms. The van der Waals surface area contributed by atoms with Crippen molar-refractivity contribution < 1.29 is 13.6 Å². The van der Waals surface area contributed by atoms with Gasteiger partial charge in [0.1, 0.15) is 11.6 Å². The summed E-state index contributed by atoms with van der Waals surface area (Å²) < 4.78 is 26.5. The topological polar surface area (TPSA) is 42.0 Å². The maximum absolute atomic E-state index is 13.3. The molecule has 1 aromatic heterocycles.